The quantitative estimate of drug-likeness (QED) is 0.259. The Morgan fingerprint density at radius 3 is 2.61 bits per heavy atom. The molecule has 0 radical (unpaired) electrons. The summed E-state index contributed by atoms with van der Waals surface area (Å²) in [6, 6.07) is 20.8. The van der Waals surface area contributed by atoms with Crippen LogP contribution in [0.1, 0.15) is 11.1 Å². The highest BCUT2D eigenvalue weighted by Crippen LogP contribution is 2.33. The molecule has 31 heavy (non-hydrogen) atoms. The normalized spacial score (nSPS) is 13.5. The van der Waals surface area contributed by atoms with Gasteiger partial charge in [-0.2, -0.15) is 5.10 Å². The summed E-state index contributed by atoms with van der Waals surface area (Å²) >= 11 is 10.5. The number of nitrogens with two attached hydrogens (primary N) is 2. The molecule has 0 saturated carbocycles. The number of hydrazine groups is 1. The van der Waals surface area contributed by atoms with Gasteiger partial charge in [0, 0.05) is 17.0 Å². The molecule has 0 spiro atoms. The van der Waals surface area contributed by atoms with Gasteiger partial charge in [0.05, 0.1) is 29.2 Å². The van der Waals surface area contributed by atoms with Crippen LogP contribution in [0.25, 0.3) is 0 Å². The van der Waals surface area contributed by atoms with Crippen molar-refractivity contribution in [3.8, 4) is 5.75 Å². The number of nitrogens with zero attached hydrogens (tertiary/aromatic N) is 2. The van der Waals surface area contributed by atoms with E-state index in [1.807, 2.05) is 60.7 Å². The van der Waals surface area contributed by atoms with Crippen LogP contribution in [0.15, 0.2) is 89.0 Å². The molecule has 0 unspecified atom stereocenters. The van der Waals surface area contributed by atoms with Gasteiger partial charge in [0.2, 0.25) is 0 Å². The summed E-state index contributed by atoms with van der Waals surface area (Å²) in [6.45, 7) is 4.53. The molecule has 0 amide bonds. The third kappa shape index (κ3) is 5.39. The van der Waals surface area contributed by atoms with Crippen molar-refractivity contribution in [1.29, 1.82) is 0 Å². The van der Waals surface area contributed by atoms with Gasteiger partial charge in [0.25, 0.3) is 0 Å². The van der Waals surface area contributed by atoms with Crippen molar-refractivity contribution in [3.05, 3.63) is 95.2 Å². The number of benzene rings is 3. The van der Waals surface area contributed by atoms with Crippen molar-refractivity contribution < 1.29 is 4.74 Å². The summed E-state index contributed by atoms with van der Waals surface area (Å²) in [7, 11) is 1.65. The van der Waals surface area contributed by atoms with E-state index in [2.05, 4.69) is 29.7 Å². The van der Waals surface area contributed by atoms with E-state index < -0.39 is 0 Å². The molecule has 0 aliphatic carbocycles. The molecule has 4 rings (SSSR count). The van der Waals surface area contributed by atoms with Crippen LogP contribution in [0, 0.1) is 0 Å². The molecule has 3 aromatic rings. The van der Waals surface area contributed by atoms with Crippen molar-refractivity contribution in [1.82, 2.24) is 0 Å². The van der Waals surface area contributed by atoms with E-state index in [-0.39, 0.29) is 0 Å². The average Bonchev–Trinajstić information content (AvgIpc) is 3.02. The number of allylic oxidation sites excluding steroid dienone is 1. The Bertz CT molecular complexity index is 1100. The second-order valence-electron chi connectivity index (χ2n) is 6.63. The highest BCUT2D eigenvalue weighted by atomic mass is 35.5. The molecule has 8 heteroatoms. The number of ether oxygens (including phenoxy) is 1. The number of halogens is 1. The largest absolute Gasteiger partial charge is 0.497 e. The van der Waals surface area contributed by atoms with E-state index in [0.717, 1.165) is 33.1 Å². The summed E-state index contributed by atoms with van der Waals surface area (Å²) in [5.74, 6) is 6.87. The third-order valence-electron chi connectivity index (χ3n) is 4.59. The monoisotopic (exact) mass is 453 g/mol. The second-order valence-corrected chi connectivity index (χ2v) is 7.55. The zero-order valence-corrected chi connectivity index (χ0v) is 18.7. The zero-order chi connectivity index (χ0) is 22.4. The van der Waals surface area contributed by atoms with Gasteiger partial charge in [-0.05, 0) is 48.0 Å². The van der Waals surface area contributed by atoms with Gasteiger partial charge in [-0.25, -0.2) is 5.84 Å². The standard InChI is InChI=1S/C15H13ClN4S.C8H11NO/c1-9-15(19-18-13-5-3-2-4-12(13)16)11-8-10(21)6-7-14(11)20(9)17;1-10-8-4-2-3-7(5-8)6-9/h2-8,18,21H,1,17H2;2-5H,6,9H2,1H3/b19-15+;. The van der Waals surface area contributed by atoms with E-state index in [1.165, 1.54) is 5.01 Å². The van der Waals surface area contributed by atoms with E-state index in [1.54, 1.807) is 13.2 Å². The minimum absolute atomic E-state index is 0.567. The highest BCUT2D eigenvalue weighted by molar-refractivity contribution is 7.80. The first-order chi connectivity index (χ1) is 14.9. The van der Waals surface area contributed by atoms with Crippen LogP contribution in [0.4, 0.5) is 11.4 Å². The number of thiol groups is 1. The van der Waals surface area contributed by atoms with Crippen LogP contribution in [-0.2, 0) is 6.54 Å². The molecule has 1 aliphatic heterocycles. The van der Waals surface area contributed by atoms with Crippen molar-refractivity contribution in [2.45, 2.75) is 11.4 Å². The number of methoxy groups -OCH3 is 1. The summed E-state index contributed by atoms with van der Waals surface area (Å²) in [5.41, 5.74) is 13.2. The Morgan fingerprint density at radius 1 is 1.13 bits per heavy atom. The van der Waals surface area contributed by atoms with E-state index in [4.69, 9.17) is 27.9 Å². The molecule has 0 bridgehead atoms. The smallest absolute Gasteiger partial charge is 0.119 e. The lowest BCUT2D eigenvalue weighted by Gasteiger charge is -2.11. The molecular weight excluding hydrogens is 430 g/mol. The van der Waals surface area contributed by atoms with Gasteiger partial charge in [-0.3, -0.25) is 10.4 Å². The molecule has 0 atom stereocenters. The number of rotatable bonds is 4. The molecule has 1 aliphatic rings. The summed E-state index contributed by atoms with van der Waals surface area (Å²) in [5, 5.41) is 6.50. The average molecular weight is 454 g/mol. The number of fused-ring (bicyclic) bond motifs is 1. The second kappa shape index (κ2) is 10.4. The van der Waals surface area contributed by atoms with Crippen molar-refractivity contribution in [2.75, 3.05) is 17.5 Å². The summed E-state index contributed by atoms with van der Waals surface area (Å²) < 4.78 is 5.00. The first-order valence-electron chi connectivity index (χ1n) is 9.43. The Hall–Kier alpha value is -2.97. The first-order valence-corrected chi connectivity index (χ1v) is 10.3. The molecule has 6 nitrogen and oxygen atoms in total. The minimum Gasteiger partial charge on any atom is -0.497 e. The fraction of sp³-hybridized carbons (Fsp3) is 0.0870. The number of hydrazone groups is 1. The van der Waals surface area contributed by atoms with Crippen molar-refractivity contribution in [2.24, 2.45) is 16.7 Å². The zero-order valence-electron chi connectivity index (χ0n) is 17.0. The number of anilines is 2. The van der Waals surface area contributed by atoms with E-state index in [9.17, 15) is 0 Å². The Kier molecular flexibility index (Phi) is 7.59. The Balaban J connectivity index is 0.000000229. The molecule has 160 valence electrons. The van der Waals surface area contributed by atoms with Gasteiger partial charge >= 0.3 is 0 Å². The van der Waals surface area contributed by atoms with Gasteiger partial charge < -0.3 is 10.5 Å². The van der Waals surface area contributed by atoms with Crippen molar-refractivity contribution in [3.63, 3.8) is 0 Å². The van der Waals surface area contributed by atoms with Gasteiger partial charge in [0.15, 0.2) is 0 Å². The number of hydrogen-bond donors (Lipinski definition) is 4. The van der Waals surface area contributed by atoms with E-state index >= 15 is 0 Å². The predicted octanol–water partition coefficient (Wildman–Crippen LogP) is 4.81. The lowest BCUT2D eigenvalue weighted by molar-refractivity contribution is 0.414. The molecule has 1 heterocycles. The third-order valence-corrected chi connectivity index (χ3v) is 5.20. The van der Waals surface area contributed by atoms with Gasteiger partial charge in [-0.1, -0.05) is 42.4 Å². The minimum atomic E-state index is 0.567. The van der Waals surface area contributed by atoms with Gasteiger partial charge in [-0.15, -0.1) is 12.6 Å². The van der Waals surface area contributed by atoms with Crippen LogP contribution in [0.3, 0.4) is 0 Å². The number of hydrogen-bond acceptors (Lipinski definition) is 7. The molecule has 0 saturated heterocycles. The Morgan fingerprint density at radius 2 is 1.90 bits per heavy atom. The van der Waals surface area contributed by atoms with Crippen LogP contribution < -0.4 is 26.7 Å². The molecule has 5 N–H and O–H groups in total. The number of nitrogens with one attached hydrogen (secondary N) is 1. The number of para-hydroxylation sites is 1. The maximum atomic E-state index is 6.10. The summed E-state index contributed by atoms with van der Waals surface area (Å²) in [4.78, 5) is 0.835. The van der Waals surface area contributed by atoms with Crippen LogP contribution in [-0.4, -0.2) is 12.8 Å². The first kappa shape index (κ1) is 22.7. The van der Waals surface area contributed by atoms with Crippen LogP contribution in [0.5, 0.6) is 5.75 Å². The van der Waals surface area contributed by atoms with Crippen molar-refractivity contribution >= 4 is 41.3 Å². The molecule has 0 fully saturated rings. The fourth-order valence-corrected chi connectivity index (χ4v) is 3.31. The Labute approximate surface area is 192 Å². The molecular formula is C23H24ClN5OS. The molecule has 0 aromatic heterocycles. The van der Waals surface area contributed by atoms with E-state index in [0.29, 0.717) is 23.0 Å². The van der Waals surface area contributed by atoms with Gasteiger partial charge in [0.1, 0.15) is 11.5 Å². The highest BCUT2D eigenvalue weighted by Gasteiger charge is 2.27. The lowest BCUT2D eigenvalue weighted by atomic mass is 10.1. The predicted molar refractivity (Wildman–Crippen MR) is 132 cm³/mol. The fourth-order valence-electron chi connectivity index (χ4n) is 2.93. The summed E-state index contributed by atoms with van der Waals surface area (Å²) in [6.07, 6.45) is 0. The maximum absolute atomic E-state index is 6.10. The lowest BCUT2D eigenvalue weighted by Crippen LogP contribution is -2.27. The maximum Gasteiger partial charge on any atom is 0.119 e. The van der Waals surface area contributed by atoms with Crippen LogP contribution >= 0.6 is 24.2 Å². The topological polar surface area (TPSA) is 88.9 Å². The van der Waals surface area contributed by atoms with Crippen LogP contribution in [0.2, 0.25) is 5.02 Å². The molecule has 3 aromatic carbocycles. The SMILES string of the molecule is C=C1/C(=N\Nc2ccccc2Cl)c2cc(S)ccc2N1N.COc1cccc(CN)c1.